The monoisotopic (exact) mass is 290 g/mol. The third kappa shape index (κ3) is 2.05. The Kier molecular flexibility index (Phi) is 3.11. The smallest absolute Gasteiger partial charge is 0.311 e. The molecule has 21 heavy (non-hydrogen) atoms. The summed E-state index contributed by atoms with van der Waals surface area (Å²) in [5, 5.41) is 9.53. The van der Waals surface area contributed by atoms with Crippen LogP contribution in [-0.2, 0) is 11.8 Å². The Morgan fingerprint density at radius 1 is 1.43 bits per heavy atom. The molecule has 1 saturated carbocycles. The molecule has 6 heteroatoms. The number of aliphatic carboxylic acids is 1. The number of carbonyl (C=O) groups excluding carboxylic acids is 1. The maximum absolute atomic E-state index is 12.5. The fourth-order valence-electron chi connectivity index (χ4n) is 3.66. The lowest BCUT2D eigenvalue weighted by Gasteiger charge is -2.23. The molecule has 0 bridgehead atoms. The van der Waals surface area contributed by atoms with Crippen molar-refractivity contribution in [2.24, 2.45) is 18.4 Å². The van der Waals surface area contributed by atoms with E-state index >= 15 is 0 Å². The van der Waals surface area contributed by atoms with Crippen LogP contribution in [0.15, 0.2) is 23.1 Å². The van der Waals surface area contributed by atoms with Gasteiger partial charge in [-0.25, -0.2) is 0 Å². The molecule has 1 aliphatic heterocycles. The molecule has 1 aliphatic carbocycles. The number of likely N-dealkylation sites (tertiary alicyclic amines) is 1. The van der Waals surface area contributed by atoms with E-state index in [0.29, 0.717) is 18.5 Å². The molecule has 2 aliphatic rings. The van der Waals surface area contributed by atoms with Crippen molar-refractivity contribution in [1.29, 1.82) is 0 Å². The first-order valence-electron chi connectivity index (χ1n) is 7.13. The number of aromatic nitrogens is 1. The van der Waals surface area contributed by atoms with Crippen molar-refractivity contribution in [3.05, 3.63) is 34.2 Å². The Hall–Kier alpha value is -2.11. The van der Waals surface area contributed by atoms with Gasteiger partial charge in [-0.3, -0.25) is 14.4 Å². The van der Waals surface area contributed by atoms with Gasteiger partial charge < -0.3 is 14.6 Å². The normalized spacial score (nSPS) is 27.7. The van der Waals surface area contributed by atoms with E-state index in [2.05, 4.69) is 0 Å². The fourth-order valence-corrected chi connectivity index (χ4v) is 3.66. The van der Waals surface area contributed by atoms with Gasteiger partial charge in [0, 0.05) is 38.0 Å². The predicted molar refractivity (Wildman–Crippen MR) is 75.0 cm³/mol. The van der Waals surface area contributed by atoms with E-state index in [4.69, 9.17) is 0 Å². The van der Waals surface area contributed by atoms with Crippen LogP contribution in [0.25, 0.3) is 0 Å². The molecule has 1 N–H and O–H groups in total. The molecule has 2 heterocycles. The number of fused-ring (bicyclic) bond motifs is 1. The Balaban J connectivity index is 1.86. The van der Waals surface area contributed by atoms with E-state index in [1.807, 2.05) is 0 Å². The molecule has 0 unspecified atom stereocenters. The third-order valence-corrected chi connectivity index (χ3v) is 4.94. The Morgan fingerprint density at radius 2 is 2.19 bits per heavy atom. The van der Waals surface area contributed by atoms with Crippen LogP contribution in [0.5, 0.6) is 0 Å². The summed E-state index contributed by atoms with van der Waals surface area (Å²) < 4.78 is 1.40. The quantitative estimate of drug-likeness (QED) is 0.870. The summed E-state index contributed by atoms with van der Waals surface area (Å²) in [6.45, 7) is 0.724. The first-order valence-corrected chi connectivity index (χ1v) is 7.13. The second-order valence-corrected chi connectivity index (χ2v) is 6.10. The van der Waals surface area contributed by atoms with Crippen molar-refractivity contribution in [3.63, 3.8) is 0 Å². The van der Waals surface area contributed by atoms with Crippen LogP contribution >= 0.6 is 0 Å². The molecular weight excluding hydrogens is 272 g/mol. The number of aryl methyl sites for hydroxylation is 1. The number of amides is 1. The standard InChI is InChI=1S/C15H18N2O4/c1-16-6-4-10(7-12(16)18)13(19)17-8-11-3-2-5-15(11,9-17)14(20)21/h4,6-7,11H,2-3,5,8-9H2,1H3,(H,20,21)/t11-,15+/m0/s1. The highest BCUT2D eigenvalue weighted by Gasteiger charge is 2.55. The fraction of sp³-hybridized carbons (Fsp3) is 0.533. The maximum Gasteiger partial charge on any atom is 0.311 e. The lowest BCUT2D eigenvalue weighted by Crippen LogP contribution is -2.37. The van der Waals surface area contributed by atoms with Crippen LogP contribution in [0.1, 0.15) is 29.6 Å². The van der Waals surface area contributed by atoms with E-state index < -0.39 is 11.4 Å². The molecule has 6 nitrogen and oxygen atoms in total. The van der Waals surface area contributed by atoms with E-state index in [0.717, 1.165) is 12.8 Å². The lowest BCUT2D eigenvalue weighted by molar-refractivity contribution is -0.149. The van der Waals surface area contributed by atoms with Gasteiger partial charge in [-0.1, -0.05) is 6.42 Å². The summed E-state index contributed by atoms with van der Waals surface area (Å²) in [6.07, 6.45) is 3.95. The van der Waals surface area contributed by atoms with Crippen molar-refractivity contribution < 1.29 is 14.7 Å². The van der Waals surface area contributed by atoms with Crippen molar-refractivity contribution >= 4 is 11.9 Å². The lowest BCUT2D eigenvalue weighted by atomic mass is 9.81. The Morgan fingerprint density at radius 3 is 2.81 bits per heavy atom. The first-order chi connectivity index (χ1) is 9.94. The van der Waals surface area contributed by atoms with Gasteiger partial charge in [-0.05, 0) is 24.8 Å². The van der Waals surface area contributed by atoms with Crippen molar-refractivity contribution in [1.82, 2.24) is 9.47 Å². The van der Waals surface area contributed by atoms with Crippen molar-refractivity contribution in [2.75, 3.05) is 13.1 Å². The van der Waals surface area contributed by atoms with Gasteiger partial charge in [0.05, 0.1) is 5.41 Å². The number of pyridine rings is 1. The second-order valence-electron chi connectivity index (χ2n) is 6.10. The molecule has 0 radical (unpaired) electrons. The van der Waals surface area contributed by atoms with Gasteiger partial charge in [0.1, 0.15) is 0 Å². The minimum Gasteiger partial charge on any atom is -0.481 e. The van der Waals surface area contributed by atoms with Gasteiger partial charge in [0.25, 0.3) is 11.5 Å². The highest BCUT2D eigenvalue weighted by molar-refractivity contribution is 5.95. The van der Waals surface area contributed by atoms with E-state index in [9.17, 15) is 19.5 Å². The number of rotatable bonds is 2. The number of carbonyl (C=O) groups is 2. The van der Waals surface area contributed by atoms with Gasteiger partial charge >= 0.3 is 5.97 Å². The summed E-state index contributed by atoms with van der Waals surface area (Å²) in [5.74, 6) is -1.02. The number of hydrogen-bond acceptors (Lipinski definition) is 3. The third-order valence-electron chi connectivity index (χ3n) is 4.94. The highest BCUT2D eigenvalue weighted by Crippen LogP contribution is 2.49. The number of nitrogens with zero attached hydrogens (tertiary/aromatic N) is 2. The van der Waals surface area contributed by atoms with Crippen LogP contribution in [0, 0.1) is 11.3 Å². The molecule has 2 fully saturated rings. The number of carboxylic acid groups (broad SMARTS) is 1. The molecule has 1 aromatic rings. The second kappa shape index (κ2) is 4.72. The summed E-state index contributed by atoms with van der Waals surface area (Å²) in [7, 11) is 1.62. The van der Waals surface area contributed by atoms with Gasteiger partial charge in [0.15, 0.2) is 0 Å². The first kappa shape index (κ1) is 13.9. The summed E-state index contributed by atoms with van der Waals surface area (Å²) in [4.78, 5) is 37.3. The minimum atomic E-state index is -0.802. The molecule has 0 spiro atoms. The largest absolute Gasteiger partial charge is 0.481 e. The topological polar surface area (TPSA) is 79.6 Å². The van der Waals surface area contributed by atoms with Gasteiger partial charge in [0.2, 0.25) is 0 Å². The van der Waals surface area contributed by atoms with Crippen LogP contribution in [0.2, 0.25) is 0 Å². The van der Waals surface area contributed by atoms with Crippen LogP contribution < -0.4 is 5.56 Å². The molecule has 2 atom stereocenters. The zero-order chi connectivity index (χ0) is 15.2. The van der Waals surface area contributed by atoms with Gasteiger partial charge in [-0.2, -0.15) is 0 Å². The molecule has 3 rings (SSSR count). The van der Waals surface area contributed by atoms with Gasteiger partial charge in [-0.15, -0.1) is 0 Å². The summed E-state index contributed by atoms with van der Waals surface area (Å²) >= 11 is 0. The average molecular weight is 290 g/mol. The zero-order valence-electron chi connectivity index (χ0n) is 11.9. The van der Waals surface area contributed by atoms with E-state index in [1.54, 1.807) is 24.2 Å². The van der Waals surface area contributed by atoms with Crippen molar-refractivity contribution in [2.45, 2.75) is 19.3 Å². The zero-order valence-corrected chi connectivity index (χ0v) is 11.9. The molecule has 1 aromatic heterocycles. The van der Waals surface area contributed by atoms with E-state index in [1.165, 1.54) is 10.6 Å². The molecule has 0 aromatic carbocycles. The molecule has 112 valence electrons. The Bertz CT molecular complexity index is 666. The van der Waals surface area contributed by atoms with Crippen LogP contribution in [-0.4, -0.2) is 39.5 Å². The molecule has 1 saturated heterocycles. The highest BCUT2D eigenvalue weighted by atomic mass is 16.4. The van der Waals surface area contributed by atoms with Crippen LogP contribution in [0.3, 0.4) is 0 Å². The SMILES string of the molecule is Cn1ccc(C(=O)N2C[C@@H]3CCC[C@@]3(C(=O)O)C2)cc1=O. The number of hydrogen-bond donors (Lipinski definition) is 1. The van der Waals surface area contributed by atoms with Crippen molar-refractivity contribution in [3.8, 4) is 0 Å². The minimum absolute atomic E-state index is 0.0329. The molecular formula is C15H18N2O4. The average Bonchev–Trinajstić information content (AvgIpc) is 2.98. The number of carboxylic acids is 1. The molecule has 1 amide bonds. The van der Waals surface area contributed by atoms with E-state index in [-0.39, 0.29) is 23.9 Å². The Labute approximate surface area is 122 Å². The summed E-state index contributed by atoms with van der Waals surface area (Å²) in [5.41, 5.74) is -0.693. The summed E-state index contributed by atoms with van der Waals surface area (Å²) in [6, 6.07) is 2.91. The maximum atomic E-state index is 12.5. The van der Waals surface area contributed by atoms with Crippen LogP contribution in [0.4, 0.5) is 0 Å². The predicted octanol–water partition coefficient (Wildman–Crippen LogP) is 0.712.